The summed E-state index contributed by atoms with van der Waals surface area (Å²) in [5.41, 5.74) is 1.18. The number of benzene rings is 2. The highest BCUT2D eigenvalue weighted by molar-refractivity contribution is 14.0. The van der Waals surface area contributed by atoms with Gasteiger partial charge in [-0.2, -0.15) is 0 Å². The second kappa shape index (κ2) is 10.8. The highest BCUT2D eigenvalue weighted by atomic mass is 127. The maximum atomic E-state index is 12.5. The molecule has 2 N–H and O–H groups in total. The van der Waals surface area contributed by atoms with E-state index < -0.39 is 14.6 Å². The largest absolute Gasteiger partial charge is 0.381 e. The lowest BCUT2D eigenvalue weighted by Gasteiger charge is -2.34. The van der Waals surface area contributed by atoms with Crippen LogP contribution in [0.25, 0.3) is 10.8 Å². The zero-order chi connectivity index (χ0) is 20.9. The van der Waals surface area contributed by atoms with Crippen LogP contribution in [-0.2, 0) is 14.6 Å². The molecule has 1 unspecified atom stereocenters. The summed E-state index contributed by atoms with van der Waals surface area (Å²) in [5, 5.41) is 9.09. The molecule has 3 rings (SSSR count). The van der Waals surface area contributed by atoms with Crippen LogP contribution in [0.4, 0.5) is 0 Å². The van der Waals surface area contributed by atoms with Crippen LogP contribution < -0.4 is 10.6 Å². The smallest absolute Gasteiger partial charge is 0.191 e. The molecule has 0 radical (unpaired) electrons. The third-order valence-corrected chi connectivity index (χ3v) is 7.81. The third-order valence-electron chi connectivity index (χ3n) is 5.70. The lowest BCUT2D eigenvalue weighted by atomic mass is 9.99. The van der Waals surface area contributed by atoms with Gasteiger partial charge in [0, 0.05) is 26.0 Å². The number of rotatable bonds is 6. The Morgan fingerprint density at radius 1 is 1.17 bits per heavy atom. The summed E-state index contributed by atoms with van der Waals surface area (Å²) in [6, 6.07) is 14.6. The second-order valence-electron chi connectivity index (χ2n) is 7.70. The van der Waals surface area contributed by atoms with Crippen LogP contribution in [-0.4, -0.2) is 51.7 Å². The van der Waals surface area contributed by atoms with Crippen molar-refractivity contribution in [1.82, 2.24) is 10.6 Å². The fourth-order valence-electron chi connectivity index (χ4n) is 3.84. The normalized spacial score (nSPS) is 17.8. The van der Waals surface area contributed by atoms with Gasteiger partial charge in [0.2, 0.25) is 0 Å². The number of guanidine groups is 1. The number of halogens is 1. The summed E-state index contributed by atoms with van der Waals surface area (Å²) in [4.78, 5) is 4.68. The van der Waals surface area contributed by atoms with E-state index in [2.05, 4.69) is 52.9 Å². The van der Waals surface area contributed by atoms with Crippen LogP contribution >= 0.6 is 24.0 Å². The van der Waals surface area contributed by atoms with Gasteiger partial charge in [-0.15, -0.1) is 24.0 Å². The van der Waals surface area contributed by atoms with Gasteiger partial charge in [0.15, 0.2) is 15.8 Å². The Balaban J connectivity index is 0.00000320. The van der Waals surface area contributed by atoms with E-state index >= 15 is 0 Å². The van der Waals surface area contributed by atoms with Gasteiger partial charge in [0.25, 0.3) is 0 Å². The minimum Gasteiger partial charge on any atom is -0.381 e. The molecule has 1 saturated heterocycles. The molecule has 1 atom stereocenters. The minimum atomic E-state index is -3.25. The van der Waals surface area contributed by atoms with Crippen LogP contribution in [0.3, 0.4) is 0 Å². The zero-order valence-corrected chi connectivity index (χ0v) is 21.0. The highest BCUT2D eigenvalue weighted by Crippen LogP contribution is 2.30. The molecule has 166 valence electrons. The summed E-state index contributed by atoms with van der Waals surface area (Å²) in [7, 11) is -3.25. The minimum absolute atomic E-state index is 0. The predicted octanol–water partition coefficient (Wildman–Crippen LogP) is 3.67. The van der Waals surface area contributed by atoms with Crippen molar-refractivity contribution in [1.29, 1.82) is 0 Å². The van der Waals surface area contributed by atoms with Crippen molar-refractivity contribution < 1.29 is 13.2 Å². The first-order valence-electron chi connectivity index (χ1n) is 10.2. The molecule has 1 heterocycles. The van der Waals surface area contributed by atoms with Crippen molar-refractivity contribution in [3.8, 4) is 0 Å². The van der Waals surface area contributed by atoms with E-state index in [0.29, 0.717) is 38.6 Å². The summed E-state index contributed by atoms with van der Waals surface area (Å²) in [6.07, 6.45) is 2.27. The Bertz CT molecular complexity index is 967. The van der Waals surface area contributed by atoms with Crippen LogP contribution in [0.15, 0.2) is 47.5 Å². The molecule has 0 aliphatic carbocycles. The predicted molar refractivity (Wildman–Crippen MR) is 135 cm³/mol. The Labute approximate surface area is 196 Å². The molecule has 1 fully saturated rings. The van der Waals surface area contributed by atoms with Crippen molar-refractivity contribution in [3.05, 3.63) is 48.0 Å². The van der Waals surface area contributed by atoms with Crippen molar-refractivity contribution in [2.45, 2.75) is 37.5 Å². The van der Waals surface area contributed by atoms with E-state index in [1.165, 1.54) is 22.6 Å². The summed E-state index contributed by atoms with van der Waals surface area (Å²) in [6.45, 7) is 5.93. The number of aliphatic imine (C=N–C) groups is 1. The first-order chi connectivity index (χ1) is 13.9. The number of hydrogen-bond acceptors (Lipinski definition) is 4. The molecule has 1 aliphatic rings. The topological polar surface area (TPSA) is 79.8 Å². The number of fused-ring (bicyclic) bond motifs is 1. The molecule has 6 nitrogen and oxygen atoms in total. The van der Waals surface area contributed by atoms with Crippen LogP contribution in [0.5, 0.6) is 0 Å². The molecule has 0 bridgehead atoms. The lowest BCUT2D eigenvalue weighted by Crippen LogP contribution is -2.47. The monoisotopic (exact) mass is 545 g/mol. The third kappa shape index (κ3) is 5.64. The van der Waals surface area contributed by atoms with E-state index in [0.717, 1.165) is 0 Å². The molecule has 0 saturated carbocycles. The number of ether oxygens (including phenoxy) is 1. The SMILES string of the molecule is CCNC(=NCC1(S(C)(=O)=O)CCOCC1)NC(C)c1cccc2ccccc12.I. The maximum absolute atomic E-state index is 12.5. The van der Waals surface area contributed by atoms with E-state index in [9.17, 15) is 8.42 Å². The highest BCUT2D eigenvalue weighted by Gasteiger charge is 2.42. The number of hydrogen-bond donors (Lipinski definition) is 2. The van der Waals surface area contributed by atoms with Gasteiger partial charge in [-0.05, 0) is 43.0 Å². The Morgan fingerprint density at radius 2 is 1.83 bits per heavy atom. The number of nitrogens with zero attached hydrogens (tertiary/aromatic N) is 1. The molecule has 30 heavy (non-hydrogen) atoms. The van der Waals surface area contributed by atoms with Gasteiger partial charge in [-0.3, -0.25) is 4.99 Å². The quantitative estimate of drug-likeness (QED) is 0.329. The summed E-state index contributed by atoms with van der Waals surface area (Å²) < 4.78 is 29.5. The van der Waals surface area contributed by atoms with E-state index in [1.54, 1.807) is 0 Å². The van der Waals surface area contributed by atoms with Crippen molar-refractivity contribution in [2.24, 2.45) is 4.99 Å². The zero-order valence-electron chi connectivity index (χ0n) is 17.8. The van der Waals surface area contributed by atoms with E-state index in [-0.39, 0.29) is 36.6 Å². The molecule has 0 aromatic heterocycles. The summed E-state index contributed by atoms with van der Waals surface area (Å²) >= 11 is 0. The Kier molecular flexibility index (Phi) is 8.93. The van der Waals surface area contributed by atoms with Gasteiger partial charge in [-0.1, -0.05) is 42.5 Å². The molecule has 2 aromatic rings. The van der Waals surface area contributed by atoms with Crippen molar-refractivity contribution >= 4 is 50.5 Å². The molecule has 2 aromatic carbocycles. The van der Waals surface area contributed by atoms with Crippen molar-refractivity contribution in [3.63, 3.8) is 0 Å². The molecule has 0 amide bonds. The second-order valence-corrected chi connectivity index (χ2v) is 10.1. The fraction of sp³-hybridized carbons (Fsp3) is 0.500. The summed E-state index contributed by atoms with van der Waals surface area (Å²) in [5.74, 6) is 0.627. The first-order valence-corrected chi connectivity index (χ1v) is 12.1. The first kappa shape index (κ1) is 24.9. The van der Waals surface area contributed by atoms with Crippen LogP contribution in [0.2, 0.25) is 0 Å². The molecule has 8 heteroatoms. The molecular weight excluding hydrogens is 513 g/mol. The molecule has 0 spiro atoms. The van der Waals surface area contributed by atoms with E-state index in [1.807, 2.05) is 19.1 Å². The van der Waals surface area contributed by atoms with Gasteiger partial charge in [-0.25, -0.2) is 8.42 Å². The Morgan fingerprint density at radius 3 is 2.50 bits per heavy atom. The van der Waals surface area contributed by atoms with Crippen LogP contribution in [0.1, 0.15) is 38.3 Å². The van der Waals surface area contributed by atoms with Crippen molar-refractivity contribution in [2.75, 3.05) is 32.6 Å². The van der Waals surface area contributed by atoms with Gasteiger partial charge in [0.05, 0.1) is 17.3 Å². The number of nitrogens with one attached hydrogen (secondary N) is 2. The van der Waals surface area contributed by atoms with Gasteiger partial charge >= 0.3 is 0 Å². The average Bonchev–Trinajstić information content (AvgIpc) is 2.71. The van der Waals surface area contributed by atoms with Gasteiger partial charge in [0.1, 0.15) is 0 Å². The lowest BCUT2D eigenvalue weighted by molar-refractivity contribution is 0.0768. The Hall–Kier alpha value is -1.39. The average molecular weight is 545 g/mol. The number of sulfone groups is 1. The van der Waals surface area contributed by atoms with E-state index in [4.69, 9.17) is 4.74 Å². The molecular formula is C22H32IN3O3S. The van der Waals surface area contributed by atoms with Gasteiger partial charge < -0.3 is 15.4 Å². The van der Waals surface area contributed by atoms with Crippen LogP contribution in [0, 0.1) is 0 Å². The fourth-order valence-corrected chi connectivity index (χ4v) is 5.05. The maximum Gasteiger partial charge on any atom is 0.191 e. The standard InChI is InChI=1S/C22H31N3O3S.HI/c1-4-23-21(24-16-22(29(3,26)27)12-14-28-15-13-22)25-17(2)19-11-7-9-18-8-5-6-10-20(18)19;/h5-11,17H,4,12-16H2,1-3H3,(H2,23,24,25);1H. The molecule has 1 aliphatic heterocycles.